The summed E-state index contributed by atoms with van der Waals surface area (Å²) >= 11 is 0. The van der Waals surface area contributed by atoms with Crippen molar-refractivity contribution >= 4 is 17.5 Å². The molecule has 1 aromatic heterocycles. The highest BCUT2D eigenvalue weighted by atomic mass is 15.2. The molecule has 5 nitrogen and oxygen atoms in total. The Morgan fingerprint density at radius 2 is 1.96 bits per heavy atom. The normalized spacial score (nSPS) is 17.1. The van der Waals surface area contributed by atoms with Crippen LogP contribution < -0.4 is 16.0 Å². The van der Waals surface area contributed by atoms with E-state index in [0.29, 0.717) is 12.5 Å². The lowest BCUT2D eigenvalue weighted by Gasteiger charge is -2.20. The van der Waals surface area contributed by atoms with Crippen molar-refractivity contribution < 1.29 is 0 Å². The van der Waals surface area contributed by atoms with E-state index in [9.17, 15) is 0 Å². The molecule has 0 amide bonds. The van der Waals surface area contributed by atoms with Crippen LogP contribution in [-0.4, -0.2) is 24.0 Å². The molecule has 2 aliphatic rings. The van der Waals surface area contributed by atoms with Crippen molar-refractivity contribution in [3.63, 3.8) is 0 Å². The summed E-state index contributed by atoms with van der Waals surface area (Å²) in [4.78, 5) is 11.6. The van der Waals surface area contributed by atoms with Gasteiger partial charge in [-0.25, -0.2) is 9.98 Å². The van der Waals surface area contributed by atoms with E-state index >= 15 is 0 Å². The smallest absolute Gasteiger partial charge is 0.193 e. The minimum absolute atomic E-state index is 0.478. The topological polar surface area (TPSA) is 66.5 Å². The summed E-state index contributed by atoms with van der Waals surface area (Å²) in [5, 5.41) is 3.33. The second-order valence-electron chi connectivity index (χ2n) is 7.65. The van der Waals surface area contributed by atoms with Gasteiger partial charge < -0.3 is 16.0 Å². The number of nitrogens with one attached hydrogen (secondary N) is 1. The Bertz CT molecular complexity index is 837. The van der Waals surface area contributed by atoms with Gasteiger partial charge in [0.05, 0.1) is 6.54 Å². The number of aliphatic imine (C=N–C) groups is 1. The molecule has 3 N–H and O–H groups in total. The molecule has 1 aliphatic carbocycles. The minimum atomic E-state index is 0.478. The van der Waals surface area contributed by atoms with E-state index in [0.717, 1.165) is 48.7 Å². The number of rotatable bonds is 4. The minimum Gasteiger partial charge on any atom is -0.370 e. The maximum absolute atomic E-state index is 6.20. The first-order chi connectivity index (χ1) is 13.2. The highest BCUT2D eigenvalue weighted by Gasteiger charge is 2.15. The summed E-state index contributed by atoms with van der Waals surface area (Å²) in [6.45, 7) is 4.81. The van der Waals surface area contributed by atoms with E-state index in [1.807, 2.05) is 6.92 Å². The standard InChI is InChI=1S/C22H29N5/c1-16-13-17(14-21(25-16)27-11-4-5-12-27)15-24-22(23)26-20-10-6-8-18-7-2-3-9-19(18)20/h6,8,10,13-14H,2-5,7,9,11-12,15H2,1H3,(H3,23,24,26). The molecule has 5 heteroatoms. The molecule has 2 aromatic rings. The summed E-state index contributed by atoms with van der Waals surface area (Å²) < 4.78 is 0. The fraction of sp³-hybridized carbons (Fsp3) is 0.455. The SMILES string of the molecule is Cc1cc(CN=C(N)Nc2cccc3c2CCCC3)cc(N2CCCC2)n1. The zero-order valence-electron chi connectivity index (χ0n) is 16.2. The van der Waals surface area contributed by atoms with Crippen LogP contribution in [0.15, 0.2) is 35.3 Å². The predicted molar refractivity (Wildman–Crippen MR) is 112 cm³/mol. The highest BCUT2D eigenvalue weighted by Crippen LogP contribution is 2.27. The van der Waals surface area contributed by atoms with Crippen molar-refractivity contribution in [2.75, 3.05) is 23.3 Å². The van der Waals surface area contributed by atoms with E-state index in [-0.39, 0.29) is 0 Å². The number of anilines is 2. The van der Waals surface area contributed by atoms with E-state index in [1.54, 1.807) is 0 Å². The van der Waals surface area contributed by atoms with Crippen LogP contribution in [0, 0.1) is 6.92 Å². The van der Waals surface area contributed by atoms with Gasteiger partial charge in [-0.2, -0.15) is 0 Å². The van der Waals surface area contributed by atoms with E-state index in [2.05, 4.69) is 50.5 Å². The number of hydrogen-bond acceptors (Lipinski definition) is 3. The molecule has 0 spiro atoms. The van der Waals surface area contributed by atoms with Crippen molar-refractivity contribution in [2.24, 2.45) is 10.7 Å². The molecule has 4 rings (SSSR count). The third-order valence-electron chi connectivity index (χ3n) is 5.52. The number of pyridine rings is 1. The van der Waals surface area contributed by atoms with Crippen molar-refractivity contribution in [3.8, 4) is 0 Å². The molecule has 2 heterocycles. The van der Waals surface area contributed by atoms with Gasteiger partial charge in [0.15, 0.2) is 5.96 Å². The van der Waals surface area contributed by atoms with Gasteiger partial charge in [-0.05, 0) is 80.3 Å². The van der Waals surface area contributed by atoms with Crippen LogP contribution in [0.4, 0.5) is 11.5 Å². The van der Waals surface area contributed by atoms with Gasteiger partial charge in [0.1, 0.15) is 5.82 Å². The summed E-state index contributed by atoms with van der Waals surface area (Å²) in [5.41, 5.74) is 12.3. The number of fused-ring (bicyclic) bond motifs is 1. The van der Waals surface area contributed by atoms with Gasteiger partial charge >= 0.3 is 0 Å². The Hall–Kier alpha value is -2.56. The number of hydrogen-bond donors (Lipinski definition) is 2. The number of aryl methyl sites for hydroxylation is 2. The van der Waals surface area contributed by atoms with Crippen molar-refractivity contribution in [1.29, 1.82) is 0 Å². The Labute approximate surface area is 161 Å². The molecule has 1 saturated heterocycles. The molecule has 0 saturated carbocycles. The summed E-state index contributed by atoms with van der Waals surface area (Å²) in [6.07, 6.45) is 7.31. The predicted octanol–water partition coefficient (Wildman–Crippen LogP) is 3.80. The van der Waals surface area contributed by atoms with Crippen LogP contribution in [0.2, 0.25) is 0 Å². The molecule has 0 atom stereocenters. The van der Waals surface area contributed by atoms with E-state index < -0.39 is 0 Å². The van der Waals surface area contributed by atoms with Gasteiger partial charge in [0, 0.05) is 24.5 Å². The third-order valence-corrected chi connectivity index (χ3v) is 5.52. The largest absolute Gasteiger partial charge is 0.370 e. The molecule has 0 bridgehead atoms. The molecule has 0 unspecified atom stereocenters. The molecule has 1 aromatic carbocycles. The molecular formula is C22H29N5. The number of benzene rings is 1. The van der Waals surface area contributed by atoms with Crippen LogP contribution in [0.5, 0.6) is 0 Å². The quantitative estimate of drug-likeness (QED) is 0.640. The fourth-order valence-electron chi connectivity index (χ4n) is 4.17. The lowest BCUT2D eigenvalue weighted by molar-refractivity contribution is 0.687. The number of guanidine groups is 1. The van der Waals surface area contributed by atoms with Gasteiger partial charge in [-0.1, -0.05) is 12.1 Å². The number of aromatic nitrogens is 1. The van der Waals surface area contributed by atoms with Gasteiger partial charge in [0.2, 0.25) is 0 Å². The zero-order valence-corrected chi connectivity index (χ0v) is 16.2. The summed E-state index contributed by atoms with van der Waals surface area (Å²) in [6, 6.07) is 10.7. The third kappa shape index (κ3) is 4.24. The Kier molecular flexibility index (Phi) is 5.28. The molecule has 1 fully saturated rings. The lowest BCUT2D eigenvalue weighted by atomic mass is 9.90. The molecule has 0 radical (unpaired) electrons. The molecule has 27 heavy (non-hydrogen) atoms. The van der Waals surface area contributed by atoms with E-state index in [1.165, 1.54) is 36.8 Å². The van der Waals surface area contributed by atoms with Crippen LogP contribution in [0.1, 0.15) is 48.1 Å². The number of nitrogens with two attached hydrogens (primary N) is 1. The van der Waals surface area contributed by atoms with Crippen LogP contribution in [0.3, 0.4) is 0 Å². The first-order valence-electron chi connectivity index (χ1n) is 10.1. The van der Waals surface area contributed by atoms with Crippen LogP contribution in [-0.2, 0) is 19.4 Å². The van der Waals surface area contributed by atoms with Crippen LogP contribution in [0.25, 0.3) is 0 Å². The first kappa shape index (κ1) is 17.8. The van der Waals surface area contributed by atoms with Crippen molar-refractivity contribution in [3.05, 3.63) is 52.7 Å². The average molecular weight is 364 g/mol. The summed E-state index contributed by atoms with van der Waals surface area (Å²) in [7, 11) is 0. The number of nitrogens with zero attached hydrogens (tertiary/aromatic N) is 3. The highest BCUT2D eigenvalue weighted by molar-refractivity contribution is 5.93. The monoisotopic (exact) mass is 363 g/mol. The Morgan fingerprint density at radius 3 is 2.81 bits per heavy atom. The van der Waals surface area contributed by atoms with Crippen molar-refractivity contribution in [1.82, 2.24) is 4.98 Å². The van der Waals surface area contributed by atoms with Crippen LogP contribution >= 0.6 is 0 Å². The first-order valence-corrected chi connectivity index (χ1v) is 10.1. The molecule has 142 valence electrons. The maximum atomic E-state index is 6.20. The molecule has 1 aliphatic heterocycles. The second kappa shape index (κ2) is 7.99. The van der Waals surface area contributed by atoms with Gasteiger partial charge in [-0.15, -0.1) is 0 Å². The Balaban J connectivity index is 1.47. The molecular weight excluding hydrogens is 334 g/mol. The van der Waals surface area contributed by atoms with Crippen molar-refractivity contribution in [2.45, 2.75) is 52.0 Å². The lowest BCUT2D eigenvalue weighted by Crippen LogP contribution is -2.24. The summed E-state index contributed by atoms with van der Waals surface area (Å²) in [5.74, 6) is 1.55. The fourth-order valence-corrected chi connectivity index (χ4v) is 4.17. The second-order valence-corrected chi connectivity index (χ2v) is 7.65. The Morgan fingerprint density at radius 1 is 1.15 bits per heavy atom. The maximum Gasteiger partial charge on any atom is 0.193 e. The van der Waals surface area contributed by atoms with E-state index in [4.69, 9.17) is 5.73 Å². The van der Waals surface area contributed by atoms with Gasteiger partial charge in [0.25, 0.3) is 0 Å². The average Bonchev–Trinajstić information content (AvgIpc) is 3.21. The van der Waals surface area contributed by atoms with Gasteiger partial charge in [-0.3, -0.25) is 0 Å². The zero-order chi connectivity index (χ0) is 18.6.